The molecule has 2 N–H and O–H groups in total. The van der Waals surface area contributed by atoms with Gasteiger partial charge < -0.3 is 15.4 Å². The van der Waals surface area contributed by atoms with Gasteiger partial charge in [-0.1, -0.05) is 17.7 Å². The molecule has 2 amide bonds. The average Bonchev–Trinajstić information content (AvgIpc) is 2.44. The summed E-state index contributed by atoms with van der Waals surface area (Å²) in [4.78, 5) is 23.4. The van der Waals surface area contributed by atoms with Gasteiger partial charge in [0.25, 0.3) is 0 Å². The van der Waals surface area contributed by atoms with Gasteiger partial charge in [0.15, 0.2) is 0 Å². The summed E-state index contributed by atoms with van der Waals surface area (Å²) in [6.45, 7) is 9.91. The lowest BCUT2D eigenvalue weighted by Crippen LogP contribution is -2.45. The second-order valence-corrected chi connectivity index (χ2v) is 5.21. The molecule has 0 spiro atoms. The van der Waals surface area contributed by atoms with Gasteiger partial charge >= 0.3 is 0 Å². The lowest BCUT2D eigenvalue weighted by Gasteiger charge is -2.17. The summed E-state index contributed by atoms with van der Waals surface area (Å²) in [5.41, 5.74) is 1.78. The summed E-state index contributed by atoms with van der Waals surface area (Å²) in [6, 6.07) is 6.96. The van der Waals surface area contributed by atoms with Crippen molar-refractivity contribution in [3.8, 4) is 5.75 Å². The van der Waals surface area contributed by atoms with Crippen molar-refractivity contribution in [3.05, 3.63) is 42.0 Å². The Morgan fingerprint density at radius 3 is 2.64 bits per heavy atom. The Bertz CT molecular complexity index is 524. The lowest BCUT2D eigenvalue weighted by atomic mass is 10.1. The minimum atomic E-state index is -0.593. The monoisotopic (exact) mass is 304 g/mol. The first-order valence-electron chi connectivity index (χ1n) is 7.33. The predicted molar refractivity (Wildman–Crippen MR) is 86.5 cm³/mol. The van der Waals surface area contributed by atoms with Crippen LogP contribution in [0.3, 0.4) is 0 Å². The van der Waals surface area contributed by atoms with E-state index in [1.807, 2.05) is 38.1 Å². The Balaban J connectivity index is 2.63. The maximum atomic E-state index is 12.2. The average molecular weight is 304 g/mol. The van der Waals surface area contributed by atoms with Crippen LogP contribution in [0.2, 0.25) is 0 Å². The van der Waals surface area contributed by atoms with E-state index in [9.17, 15) is 9.59 Å². The highest BCUT2D eigenvalue weighted by molar-refractivity contribution is 5.87. The highest BCUT2D eigenvalue weighted by atomic mass is 16.5. The fourth-order valence-corrected chi connectivity index (χ4v) is 2.03. The maximum absolute atomic E-state index is 12.2. The van der Waals surface area contributed by atoms with E-state index in [1.54, 1.807) is 0 Å². The fourth-order valence-electron chi connectivity index (χ4n) is 2.03. The van der Waals surface area contributed by atoms with Crippen molar-refractivity contribution in [1.82, 2.24) is 10.6 Å². The number of benzene rings is 1. The lowest BCUT2D eigenvalue weighted by molar-refractivity contribution is -0.128. The Kier molecular flexibility index (Phi) is 7.16. The van der Waals surface area contributed by atoms with Gasteiger partial charge in [-0.15, -0.1) is 6.58 Å². The Labute approximate surface area is 131 Å². The van der Waals surface area contributed by atoms with Crippen molar-refractivity contribution in [2.45, 2.75) is 39.8 Å². The van der Waals surface area contributed by atoms with Crippen LogP contribution in [0, 0.1) is 0 Å². The summed E-state index contributed by atoms with van der Waals surface area (Å²) >= 11 is 0. The molecule has 0 aliphatic heterocycles. The second-order valence-electron chi connectivity index (χ2n) is 5.21. The van der Waals surface area contributed by atoms with E-state index >= 15 is 0 Å². The normalized spacial score (nSPS) is 11.4. The molecule has 0 fully saturated rings. The third-order valence-electron chi connectivity index (χ3n) is 2.92. The number of hydrogen-bond donors (Lipinski definition) is 2. The van der Waals surface area contributed by atoms with E-state index in [1.165, 1.54) is 6.92 Å². The van der Waals surface area contributed by atoms with Gasteiger partial charge in [-0.2, -0.15) is 0 Å². The molecular weight excluding hydrogens is 280 g/mol. The Morgan fingerprint density at radius 2 is 2.05 bits per heavy atom. The number of ether oxygens (including phenoxy) is 1. The number of carbonyl (C=O) groups is 2. The number of hydrogen-bond acceptors (Lipinski definition) is 3. The molecule has 5 nitrogen and oxygen atoms in total. The molecule has 0 saturated carbocycles. The molecule has 0 saturated heterocycles. The topological polar surface area (TPSA) is 67.4 Å². The molecule has 120 valence electrons. The van der Waals surface area contributed by atoms with Crippen LogP contribution in [0.25, 0.3) is 0 Å². The van der Waals surface area contributed by atoms with E-state index in [4.69, 9.17) is 4.74 Å². The summed E-state index contributed by atoms with van der Waals surface area (Å²) in [6.07, 6.45) is 0.421. The largest absolute Gasteiger partial charge is 0.494 e. The van der Waals surface area contributed by atoms with Crippen molar-refractivity contribution in [3.63, 3.8) is 0 Å². The summed E-state index contributed by atoms with van der Waals surface area (Å²) < 4.78 is 5.42. The minimum Gasteiger partial charge on any atom is -0.494 e. The Morgan fingerprint density at radius 1 is 1.32 bits per heavy atom. The van der Waals surface area contributed by atoms with Gasteiger partial charge in [0.2, 0.25) is 11.8 Å². The van der Waals surface area contributed by atoms with Crippen LogP contribution in [-0.4, -0.2) is 24.5 Å². The maximum Gasteiger partial charge on any atom is 0.243 e. The van der Waals surface area contributed by atoms with Crippen molar-refractivity contribution in [2.75, 3.05) is 6.61 Å². The van der Waals surface area contributed by atoms with Crippen molar-refractivity contribution < 1.29 is 14.3 Å². The SMILES string of the molecule is C=C(C)CC(NC(C)=O)C(=O)NCc1cccc(OCC)c1. The molecule has 5 heteroatoms. The van der Waals surface area contributed by atoms with E-state index in [0.717, 1.165) is 16.9 Å². The molecule has 0 aromatic heterocycles. The van der Waals surface area contributed by atoms with E-state index in [-0.39, 0.29) is 11.8 Å². The summed E-state index contributed by atoms with van der Waals surface area (Å²) in [5, 5.41) is 5.47. The Hall–Kier alpha value is -2.30. The second kappa shape index (κ2) is 8.87. The molecule has 1 aromatic carbocycles. The van der Waals surface area contributed by atoms with Gasteiger partial charge in [-0.3, -0.25) is 9.59 Å². The minimum absolute atomic E-state index is 0.222. The first kappa shape index (κ1) is 17.8. The molecule has 0 heterocycles. The van der Waals surface area contributed by atoms with Crippen LogP contribution in [0.15, 0.2) is 36.4 Å². The van der Waals surface area contributed by atoms with Crippen molar-refractivity contribution in [1.29, 1.82) is 0 Å². The zero-order chi connectivity index (χ0) is 16.5. The molecule has 0 bridgehead atoms. The number of nitrogens with one attached hydrogen (secondary N) is 2. The quantitative estimate of drug-likeness (QED) is 0.723. The van der Waals surface area contributed by atoms with E-state index in [2.05, 4.69) is 17.2 Å². The predicted octanol–water partition coefficient (Wildman–Crippen LogP) is 2.17. The third-order valence-corrected chi connectivity index (χ3v) is 2.92. The number of rotatable bonds is 8. The van der Waals surface area contributed by atoms with Gasteiger partial charge in [-0.05, 0) is 38.0 Å². The fraction of sp³-hybridized carbons (Fsp3) is 0.412. The standard InChI is InChI=1S/C17H24N2O3/c1-5-22-15-8-6-7-14(10-15)11-18-17(21)16(9-12(2)3)19-13(4)20/h6-8,10,16H,2,5,9,11H2,1,3-4H3,(H,18,21)(H,19,20). The molecule has 0 aliphatic rings. The first-order valence-corrected chi connectivity index (χ1v) is 7.33. The third kappa shape index (κ3) is 6.43. The molecule has 1 aromatic rings. The van der Waals surface area contributed by atoms with Gasteiger partial charge in [0, 0.05) is 13.5 Å². The zero-order valence-corrected chi connectivity index (χ0v) is 13.4. The first-order chi connectivity index (χ1) is 10.4. The smallest absolute Gasteiger partial charge is 0.243 e. The number of amides is 2. The molecule has 22 heavy (non-hydrogen) atoms. The summed E-state index contributed by atoms with van der Waals surface area (Å²) in [5.74, 6) is 0.314. The van der Waals surface area contributed by atoms with Gasteiger partial charge in [-0.25, -0.2) is 0 Å². The van der Waals surface area contributed by atoms with Gasteiger partial charge in [0.05, 0.1) is 6.61 Å². The zero-order valence-electron chi connectivity index (χ0n) is 13.4. The molecule has 1 rings (SSSR count). The van der Waals surface area contributed by atoms with Crippen LogP contribution in [0.1, 0.15) is 32.8 Å². The van der Waals surface area contributed by atoms with Crippen molar-refractivity contribution >= 4 is 11.8 Å². The number of carbonyl (C=O) groups excluding carboxylic acids is 2. The molecular formula is C17H24N2O3. The van der Waals surface area contributed by atoms with Crippen LogP contribution in [0.4, 0.5) is 0 Å². The van der Waals surface area contributed by atoms with Crippen LogP contribution in [0.5, 0.6) is 5.75 Å². The highest BCUT2D eigenvalue weighted by Gasteiger charge is 2.19. The van der Waals surface area contributed by atoms with Crippen LogP contribution >= 0.6 is 0 Å². The van der Waals surface area contributed by atoms with Crippen molar-refractivity contribution in [2.24, 2.45) is 0 Å². The molecule has 1 unspecified atom stereocenters. The highest BCUT2D eigenvalue weighted by Crippen LogP contribution is 2.13. The van der Waals surface area contributed by atoms with Gasteiger partial charge in [0.1, 0.15) is 11.8 Å². The van der Waals surface area contributed by atoms with Crippen LogP contribution in [-0.2, 0) is 16.1 Å². The molecule has 1 atom stereocenters. The van der Waals surface area contributed by atoms with Crippen LogP contribution < -0.4 is 15.4 Å². The van der Waals surface area contributed by atoms with E-state index in [0.29, 0.717) is 19.6 Å². The molecule has 0 aliphatic carbocycles. The molecule has 0 radical (unpaired) electrons. The van der Waals surface area contributed by atoms with E-state index < -0.39 is 6.04 Å². The summed E-state index contributed by atoms with van der Waals surface area (Å²) in [7, 11) is 0.